The molecule has 1 unspecified atom stereocenters. The predicted octanol–water partition coefficient (Wildman–Crippen LogP) is 7.51. The van der Waals surface area contributed by atoms with Crippen LogP contribution < -0.4 is 9.62 Å². The number of nitrogens with one attached hydrogen (secondary N) is 1. The van der Waals surface area contributed by atoms with E-state index in [4.69, 9.17) is 23.2 Å². The van der Waals surface area contributed by atoms with Gasteiger partial charge in [-0.3, -0.25) is 13.9 Å². The zero-order valence-corrected chi connectivity index (χ0v) is 28.6. The van der Waals surface area contributed by atoms with Gasteiger partial charge in [0.05, 0.1) is 10.6 Å². The molecule has 7 nitrogen and oxygen atoms in total. The van der Waals surface area contributed by atoms with E-state index < -0.39 is 28.5 Å². The van der Waals surface area contributed by atoms with Crippen molar-refractivity contribution in [2.45, 2.75) is 43.7 Å². The van der Waals surface area contributed by atoms with E-state index in [0.29, 0.717) is 16.6 Å². The lowest BCUT2D eigenvalue weighted by Crippen LogP contribution is -2.53. The molecule has 11 heteroatoms. The Morgan fingerprint density at radius 2 is 1.53 bits per heavy atom. The molecule has 0 heterocycles. The third-order valence-corrected chi connectivity index (χ3v) is 9.89. The van der Waals surface area contributed by atoms with Crippen LogP contribution in [0.1, 0.15) is 30.9 Å². The van der Waals surface area contributed by atoms with Crippen LogP contribution in [0.3, 0.4) is 0 Å². The number of rotatable bonds is 14. The van der Waals surface area contributed by atoms with Gasteiger partial charge in [0.1, 0.15) is 12.6 Å². The number of hydrogen-bond donors (Lipinski definition) is 1. The molecule has 1 N–H and O–H groups in total. The summed E-state index contributed by atoms with van der Waals surface area (Å²) in [6.07, 6.45) is 1.91. The number of carbonyl (C=O) groups excluding carboxylic acids is 2. The van der Waals surface area contributed by atoms with Gasteiger partial charge in [-0.05, 0) is 72.1 Å². The number of sulfonamides is 1. The molecule has 0 aromatic heterocycles. The highest BCUT2D eigenvalue weighted by atomic mass is 79.9. The Labute approximate surface area is 283 Å². The van der Waals surface area contributed by atoms with Gasteiger partial charge in [-0.2, -0.15) is 0 Å². The molecular weight excluding hydrogens is 697 g/mol. The lowest BCUT2D eigenvalue weighted by atomic mass is 10.0. The fourth-order valence-corrected chi connectivity index (χ4v) is 6.95. The van der Waals surface area contributed by atoms with Crippen LogP contribution in [0.4, 0.5) is 5.69 Å². The van der Waals surface area contributed by atoms with Gasteiger partial charge in [0, 0.05) is 34.0 Å². The van der Waals surface area contributed by atoms with E-state index in [-0.39, 0.29) is 29.5 Å². The van der Waals surface area contributed by atoms with E-state index in [1.165, 1.54) is 35.2 Å². The minimum absolute atomic E-state index is 0.0450. The van der Waals surface area contributed by atoms with Crippen LogP contribution in [-0.2, 0) is 32.6 Å². The van der Waals surface area contributed by atoms with E-state index in [1.54, 1.807) is 18.2 Å². The maximum absolute atomic E-state index is 14.5. The summed E-state index contributed by atoms with van der Waals surface area (Å²) in [5, 5.41) is 3.66. The normalized spacial score (nSPS) is 11.9. The molecule has 0 aliphatic carbocycles. The largest absolute Gasteiger partial charge is 0.354 e. The summed E-state index contributed by atoms with van der Waals surface area (Å²) in [7, 11) is -4.26. The number of halogens is 3. The van der Waals surface area contributed by atoms with Crippen molar-refractivity contribution in [1.29, 1.82) is 0 Å². The number of anilines is 1. The Bertz CT molecular complexity index is 1710. The number of benzene rings is 4. The molecule has 4 rings (SSSR count). The maximum Gasteiger partial charge on any atom is 0.264 e. The molecule has 1 atom stereocenters. The summed E-state index contributed by atoms with van der Waals surface area (Å²) in [6, 6.07) is 28.0. The maximum atomic E-state index is 14.5. The quantitative estimate of drug-likeness (QED) is 0.136. The van der Waals surface area contributed by atoms with E-state index in [2.05, 4.69) is 21.2 Å². The Hall–Kier alpha value is -3.37. The molecule has 0 spiro atoms. The fraction of sp³-hybridized carbons (Fsp3) is 0.235. The summed E-state index contributed by atoms with van der Waals surface area (Å²) < 4.78 is 30.0. The second-order valence-corrected chi connectivity index (χ2v) is 14.1. The summed E-state index contributed by atoms with van der Waals surface area (Å²) in [5.74, 6) is -0.871. The fourth-order valence-electron chi connectivity index (χ4n) is 4.79. The minimum atomic E-state index is -4.26. The Morgan fingerprint density at radius 3 is 2.20 bits per heavy atom. The molecule has 0 bridgehead atoms. The van der Waals surface area contributed by atoms with Gasteiger partial charge in [0.2, 0.25) is 11.8 Å². The van der Waals surface area contributed by atoms with Gasteiger partial charge in [-0.1, -0.05) is 101 Å². The van der Waals surface area contributed by atoms with Crippen molar-refractivity contribution in [2.75, 3.05) is 17.4 Å². The van der Waals surface area contributed by atoms with Gasteiger partial charge in [0.25, 0.3) is 10.0 Å². The summed E-state index contributed by atoms with van der Waals surface area (Å²) >= 11 is 15.8. The predicted molar refractivity (Wildman–Crippen MR) is 184 cm³/mol. The summed E-state index contributed by atoms with van der Waals surface area (Å²) in [5.41, 5.74) is 1.84. The van der Waals surface area contributed by atoms with Gasteiger partial charge in [-0.25, -0.2) is 8.42 Å². The highest BCUT2D eigenvalue weighted by Gasteiger charge is 2.34. The molecule has 0 saturated carbocycles. The Morgan fingerprint density at radius 1 is 0.844 bits per heavy atom. The monoisotopic (exact) mass is 729 g/mol. The molecule has 0 saturated heterocycles. The van der Waals surface area contributed by atoms with Crippen LogP contribution in [0.5, 0.6) is 0 Å². The first kappa shape index (κ1) is 34.5. The standard InChI is InChI=1S/C34H34BrCl2N3O4S/c1-2-3-19-38-34(42)32(21-25-9-5-4-6-10-25)39(23-26-11-7-12-27(35)20-26)33(41)24-40(30-14-8-13-29(37)22-30)45(43,44)31-17-15-28(36)16-18-31/h4-18,20,22,32H,2-3,19,21,23-24H2,1H3,(H,38,42). The Kier molecular flexibility index (Phi) is 12.5. The van der Waals surface area contributed by atoms with E-state index >= 15 is 0 Å². The lowest BCUT2D eigenvalue weighted by molar-refractivity contribution is -0.140. The van der Waals surface area contributed by atoms with E-state index in [1.807, 2.05) is 61.5 Å². The SMILES string of the molecule is CCCCNC(=O)C(Cc1ccccc1)N(Cc1cccc(Br)c1)C(=O)CN(c1cccc(Cl)c1)S(=O)(=O)c1ccc(Cl)cc1. The molecule has 236 valence electrons. The van der Waals surface area contributed by atoms with Gasteiger partial charge >= 0.3 is 0 Å². The van der Waals surface area contributed by atoms with Crippen LogP contribution in [0, 0.1) is 0 Å². The van der Waals surface area contributed by atoms with E-state index in [0.717, 1.165) is 32.7 Å². The molecule has 4 aromatic carbocycles. The first-order valence-electron chi connectivity index (χ1n) is 14.5. The van der Waals surface area contributed by atoms with Crippen molar-refractivity contribution >= 4 is 66.7 Å². The van der Waals surface area contributed by atoms with Gasteiger partial charge in [0.15, 0.2) is 0 Å². The van der Waals surface area contributed by atoms with Gasteiger partial charge < -0.3 is 10.2 Å². The Balaban J connectivity index is 1.79. The molecule has 2 amide bonds. The van der Waals surface area contributed by atoms with Gasteiger partial charge in [-0.15, -0.1) is 0 Å². The highest BCUT2D eigenvalue weighted by molar-refractivity contribution is 9.10. The number of amides is 2. The third kappa shape index (κ3) is 9.56. The average Bonchev–Trinajstić information content (AvgIpc) is 3.02. The molecule has 0 aliphatic rings. The van der Waals surface area contributed by atoms with Crippen LogP contribution in [0.15, 0.2) is 112 Å². The van der Waals surface area contributed by atoms with E-state index in [9.17, 15) is 18.0 Å². The smallest absolute Gasteiger partial charge is 0.264 e. The number of hydrogen-bond acceptors (Lipinski definition) is 4. The zero-order valence-electron chi connectivity index (χ0n) is 24.7. The third-order valence-electron chi connectivity index (χ3n) is 7.12. The molecule has 4 aromatic rings. The van der Waals surface area contributed by atoms with Crippen LogP contribution in [0.2, 0.25) is 10.0 Å². The van der Waals surface area contributed by atoms with Crippen LogP contribution in [0.25, 0.3) is 0 Å². The molecule has 0 aliphatic heterocycles. The molecule has 0 fully saturated rings. The highest BCUT2D eigenvalue weighted by Crippen LogP contribution is 2.28. The van der Waals surface area contributed by atoms with Crippen molar-refractivity contribution in [3.63, 3.8) is 0 Å². The molecule has 0 radical (unpaired) electrons. The second kappa shape index (κ2) is 16.3. The second-order valence-electron chi connectivity index (χ2n) is 10.4. The first-order valence-corrected chi connectivity index (χ1v) is 17.5. The first-order chi connectivity index (χ1) is 21.6. The van der Waals surface area contributed by atoms with Crippen LogP contribution in [-0.4, -0.2) is 44.3 Å². The van der Waals surface area contributed by atoms with Crippen molar-refractivity contribution < 1.29 is 18.0 Å². The van der Waals surface area contributed by atoms with Crippen molar-refractivity contribution in [1.82, 2.24) is 10.2 Å². The van der Waals surface area contributed by atoms with Crippen molar-refractivity contribution in [2.24, 2.45) is 0 Å². The summed E-state index contributed by atoms with van der Waals surface area (Å²) in [6.45, 7) is 1.98. The van der Waals surface area contributed by atoms with Crippen molar-refractivity contribution in [3.8, 4) is 0 Å². The lowest BCUT2D eigenvalue weighted by Gasteiger charge is -2.34. The van der Waals surface area contributed by atoms with Crippen LogP contribution >= 0.6 is 39.1 Å². The topological polar surface area (TPSA) is 86.8 Å². The summed E-state index contributed by atoms with van der Waals surface area (Å²) in [4.78, 5) is 29.7. The number of nitrogens with zero attached hydrogens (tertiary/aromatic N) is 2. The average molecular weight is 732 g/mol. The number of unbranched alkanes of at least 4 members (excludes halogenated alkanes) is 1. The zero-order chi connectivity index (χ0) is 32.4. The molecular formula is C34H34BrCl2N3O4S. The molecule has 45 heavy (non-hydrogen) atoms. The van der Waals surface area contributed by atoms with Crippen molar-refractivity contribution in [3.05, 3.63) is 129 Å². The number of carbonyl (C=O) groups is 2. The minimum Gasteiger partial charge on any atom is -0.354 e.